The number of aromatic nitrogens is 1. The summed E-state index contributed by atoms with van der Waals surface area (Å²) in [4.78, 5) is 26.4. The van der Waals surface area contributed by atoms with E-state index in [2.05, 4.69) is 15.4 Å². The van der Waals surface area contributed by atoms with Gasteiger partial charge in [-0.25, -0.2) is 4.39 Å². The summed E-state index contributed by atoms with van der Waals surface area (Å²) in [5.74, 6) is -1.35. The average Bonchev–Trinajstić information content (AvgIpc) is 3.35. The lowest BCUT2D eigenvalue weighted by Gasteiger charge is -2.36. The smallest absolute Gasteiger partial charge is 0.309 e. The summed E-state index contributed by atoms with van der Waals surface area (Å²) >= 11 is 0. The molecule has 2 atom stereocenters. The minimum atomic E-state index is -0.905. The first-order valence-electron chi connectivity index (χ1n) is 9.48. The predicted molar refractivity (Wildman–Crippen MR) is 98.1 cm³/mol. The molecular weight excluding hydrogens is 365 g/mol. The van der Waals surface area contributed by atoms with Gasteiger partial charge < -0.3 is 19.8 Å². The number of likely N-dealkylation sites (tertiary alicyclic amines) is 1. The Balaban J connectivity index is 1.41. The molecule has 1 saturated heterocycles. The van der Waals surface area contributed by atoms with Crippen LogP contribution in [0.15, 0.2) is 34.9 Å². The molecule has 1 amide bonds. The largest absolute Gasteiger partial charge is 0.481 e. The van der Waals surface area contributed by atoms with Gasteiger partial charge in [-0.15, -0.1) is 0 Å². The van der Waals surface area contributed by atoms with Crippen LogP contribution in [0.1, 0.15) is 29.8 Å². The molecule has 2 aliphatic rings. The van der Waals surface area contributed by atoms with Crippen molar-refractivity contribution in [2.24, 2.45) is 11.8 Å². The van der Waals surface area contributed by atoms with E-state index in [1.165, 1.54) is 43.2 Å². The zero-order valence-electron chi connectivity index (χ0n) is 15.3. The molecule has 0 radical (unpaired) electrons. The summed E-state index contributed by atoms with van der Waals surface area (Å²) in [6.07, 6.45) is 3.02. The second-order valence-corrected chi connectivity index (χ2v) is 7.60. The van der Waals surface area contributed by atoms with Gasteiger partial charge in [-0.2, -0.15) is 0 Å². The fourth-order valence-electron chi connectivity index (χ4n) is 3.65. The number of nitrogens with zero attached hydrogens (tertiary/aromatic N) is 2. The Morgan fingerprint density at radius 2 is 2.00 bits per heavy atom. The van der Waals surface area contributed by atoms with Gasteiger partial charge in [-0.1, -0.05) is 5.16 Å². The molecule has 2 fully saturated rings. The molecule has 2 aromatic rings. The van der Waals surface area contributed by atoms with Crippen molar-refractivity contribution in [2.45, 2.75) is 25.3 Å². The molecule has 0 bridgehead atoms. The molecular formula is C20H22FN3O4. The quantitative estimate of drug-likeness (QED) is 0.790. The van der Waals surface area contributed by atoms with Crippen LogP contribution in [0.2, 0.25) is 0 Å². The lowest BCUT2D eigenvalue weighted by molar-refractivity contribution is -0.144. The monoisotopic (exact) mass is 387 g/mol. The van der Waals surface area contributed by atoms with Gasteiger partial charge in [0.15, 0.2) is 11.5 Å². The highest BCUT2D eigenvalue weighted by Crippen LogP contribution is 2.31. The number of halogens is 1. The molecule has 1 aliphatic carbocycles. The minimum Gasteiger partial charge on any atom is -0.481 e. The molecule has 1 aliphatic heterocycles. The van der Waals surface area contributed by atoms with Crippen LogP contribution in [0.25, 0.3) is 11.3 Å². The fourth-order valence-corrected chi connectivity index (χ4v) is 3.65. The van der Waals surface area contributed by atoms with Gasteiger partial charge >= 0.3 is 5.97 Å². The molecule has 1 aromatic carbocycles. The maximum absolute atomic E-state index is 13.0. The highest BCUT2D eigenvalue weighted by molar-refractivity contribution is 5.93. The van der Waals surface area contributed by atoms with Crippen molar-refractivity contribution in [1.82, 2.24) is 15.4 Å². The van der Waals surface area contributed by atoms with Crippen molar-refractivity contribution in [2.75, 3.05) is 19.6 Å². The number of carboxylic acid groups (broad SMARTS) is 1. The van der Waals surface area contributed by atoms with Gasteiger partial charge in [0.1, 0.15) is 5.82 Å². The molecule has 2 heterocycles. The summed E-state index contributed by atoms with van der Waals surface area (Å²) in [5.41, 5.74) is 0.675. The van der Waals surface area contributed by atoms with Crippen LogP contribution in [-0.2, 0) is 4.79 Å². The maximum atomic E-state index is 13.0. The number of nitrogens with one attached hydrogen (secondary N) is 1. The van der Waals surface area contributed by atoms with Crippen LogP contribution in [0.4, 0.5) is 4.39 Å². The van der Waals surface area contributed by atoms with E-state index in [-0.39, 0.29) is 11.5 Å². The first-order chi connectivity index (χ1) is 13.5. The van der Waals surface area contributed by atoms with E-state index in [0.717, 1.165) is 13.1 Å². The van der Waals surface area contributed by atoms with Crippen molar-refractivity contribution < 1.29 is 23.6 Å². The second kappa shape index (κ2) is 7.71. The highest BCUT2D eigenvalue weighted by Gasteiger charge is 2.37. The summed E-state index contributed by atoms with van der Waals surface area (Å²) in [6, 6.07) is 6.68. The van der Waals surface area contributed by atoms with Gasteiger partial charge in [-0.3, -0.25) is 9.59 Å². The van der Waals surface area contributed by atoms with Crippen LogP contribution < -0.4 is 5.32 Å². The van der Waals surface area contributed by atoms with Crippen molar-refractivity contribution >= 4 is 11.9 Å². The number of amides is 1. The Morgan fingerprint density at radius 3 is 2.68 bits per heavy atom. The number of piperidine rings is 1. The summed E-state index contributed by atoms with van der Waals surface area (Å²) in [7, 11) is 0. The third-order valence-corrected chi connectivity index (χ3v) is 5.42. The molecule has 1 aromatic heterocycles. The third kappa shape index (κ3) is 4.22. The minimum absolute atomic E-state index is 0.0730. The predicted octanol–water partition coefficient (Wildman–Crippen LogP) is 2.40. The molecule has 1 saturated carbocycles. The van der Waals surface area contributed by atoms with E-state index in [1.807, 2.05) is 0 Å². The van der Waals surface area contributed by atoms with E-state index >= 15 is 0 Å². The van der Waals surface area contributed by atoms with E-state index in [4.69, 9.17) is 4.52 Å². The number of aliphatic carboxylic acids is 1. The SMILES string of the molecule is O=C(NC1CCN(CC2CC2)CC1C(=O)O)c1cc(-c2ccc(F)cc2)on1. The lowest BCUT2D eigenvalue weighted by Crippen LogP contribution is -2.53. The van der Waals surface area contributed by atoms with Gasteiger partial charge in [-0.05, 0) is 49.4 Å². The number of carbonyl (C=O) groups excluding carboxylic acids is 1. The van der Waals surface area contributed by atoms with E-state index in [9.17, 15) is 19.1 Å². The van der Waals surface area contributed by atoms with Gasteiger partial charge in [0.2, 0.25) is 0 Å². The lowest BCUT2D eigenvalue weighted by atomic mass is 9.91. The zero-order chi connectivity index (χ0) is 19.7. The maximum Gasteiger partial charge on any atom is 0.309 e. The Bertz CT molecular complexity index is 863. The van der Waals surface area contributed by atoms with Crippen LogP contribution in [0.3, 0.4) is 0 Å². The van der Waals surface area contributed by atoms with Crippen molar-refractivity contribution in [3.8, 4) is 11.3 Å². The molecule has 2 N–H and O–H groups in total. The topological polar surface area (TPSA) is 95.7 Å². The number of benzene rings is 1. The van der Waals surface area contributed by atoms with Crippen molar-refractivity contribution in [3.05, 3.63) is 41.8 Å². The number of carbonyl (C=O) groups is 2. The number of rotatable bonds is 6. The molecule has 28 heavy (non-hydrogen) atoms. The standard InChI is InChI=1S/C20H22FN3O4/c21-14-5-3-13(4-6-14)18-9-17(23-28-18)19(25)22-16-7-8-24(10-12-1-2-12)11-15(16)20(26)27/h3-6,9,12,15-16H,1-2,7-8,10-11H2,(H,22,25)(H,26,27). The summed E-state index contributed by atoms with van der Waals surface area (Å²) < 4.78 is 18.2. The summed E-state index contributed by atoms with van der Waals surface area (Å²) in [5, 5.41) is 16.2. The molecule has 4 rings (SSSR count). The Kier molecular flexibility index (Phi) is 5.13. The molecule has 148 valence electrons. The highest BCUT2D eigenvalue weighted by atomic mass is 19.1. The van der Waals surface area contributed by atoms with Crippen LogP contribution in [0.5, 0.6) is 0 Å². The number of carboxylic acids is 1. The molecule has 2 unspecified atom stereocenters. The van der Waals surface area contributed by atoms with Crippen molar-refractivity contribution in [3.63, 3.8) is 0 Å². The number of hydrogen-bond donors (Lipinski definition) is 2. The zero-order valence-corrected chi connectivity index (χ0v) is 15.3. The molecule has 0 spiro atoms. The van der Waals surface area contributed by atoms with Gasteiger partial charge in [0, 0.05) is 37.3 Å². The normalized spacial score (nSPS) is 22.8. The van der Waals surface area contributed by atoms with Crippen LogP contribution in [-0.4, -0.2) is 52.7 Å². The molecule has 7 nitrogen and oxygen atoms in total. The number of hydrogen-bond acceptors (Lipinski definition) is 5. The average molecular weight is 387 g/mol. The first-order valence-corrected chi connectivity index (χ1v) is 9.48. The van der Waals surface area contributed by atoms with E-state index in [1.54, 1.807) is 0 Å². The second-order valence-electron chi connectivity index (χ2n) is 7.60. The van der Waals surface area contributed by atoms with E-state index < -0.39 is 23.8 Å². The Hall–Kier alpha value is -2.74. The van der Waals surface area contributed by atoms with Gasteiger partial charge in [0.25, 0.3) is 5.91 Å². The first kappa shape index (κ1) is 18.6. The Labute approximate surface area is 161 Å². The fraction of sp³-hybridized carbons (Fsp3) is 0.450. The molecule has 8 heteroatoms. The van der Waals surface area contributed by atoms with Crippen molar-refractivity contribution in [1.29, 1.82) is 0 Å². The van der Waals surface area contributed by atoms with E-state index in [0.29, 0.717) is 30.2 Å². The third-order valence-electron chi connectivity index (χ3n) is 5.42. The van der Waals surface area contributed by atoms with Gasteiger partial charge in [0.05, 0.1) is 5.92 Å². The van der Waals surface area contributed by atoms with Crippen LogP contribution >= 0.6 is 0 Å². The summed E-state index contributed by atoms with van der Waals surface area (Å²) in [6.45, 7) is 2.15. The Morgan fingerprint density at radius 1 is 1.25 bits per heavy atom. The van der Waals surface area contributed by atoms with Crippen LogP contribution in [0, 0.1) is 17.7 Å².